The molecule has 0 aliphatic carbocycles. The van der Waals surface area contributed by atoms with E-state index in [1.54, 1.807) is 13.8 Å². The fourth-order valence-electron chi connectivity index (χ4n) is 1.10. The van der Waals surface area contributed by atoms with Crippen LogP contribution in [0.5, 0.6) is 0 Å². The van der Waals surface area contributed by atoms with Crippen LogP contribution in [0.25, 0.3) is 0 Å². The van der Waals surface area contributed by atoms with Crippen LogP contribution in [0.3, 0.4) is 0 Å². The van der Waals surface area contributed by atoms with Crippen LogP contribution in [0.1, 0.15) is 30.5 Å². The molecule has 0 aromatic heterocycles. The lowest BCUT2D eigenvalue weighted by Crippen LogP contribution is -2.14. The Morgan fingerprint density at radius 3 is 2.27 bits per heavy atom. The molecular formula is C13H15ClO. The summed E-state index contributed by atoms with van der Waals surface area (Å²) in [6, 6.07) is 3.84. The summed E-state index contributed by atoms with van der Waals surface area (Å²) in [6.07, 6.45) is 0. The van der Waals surface area contributed by atoms with Gasteiger partial charge in [-0.05, 0) is 51.0 Å². The van der Waals surface area contributed by atoms with Crippen LogP contribution < -0.4 is 0 Å². The van der Waals surface area contributed by atoms with Gasteiger partial charge in [-0.25, -0.2) is 0 Å². The zero-order valence-electron chi connectivity index (χ0n) is 9.48. The Kier molecular flexibility index (Phi) is 3.44. The Bertz CT molecular complexity index is 430. The molecule has 80 valence electrons. The van der Waals surface area contributed by atoms with Crippen molar-refractivity contribution in [3.63, 3.8) is 0 Å². The summed E-state index contributed by atoms with van der Waals surface area (Å²) in [5.74, 6) is 5.64. The van der Waals surface area contributed by atoms with Gasteiger partial charge in [0.25, 0.3) is 0 Å². The van der Waals surface area contributed by atoms with Crippen molar-refractivity contribution in [2.75, 3.05) is 0 Å². The Morgan fingerprint density at radius 1 is 1.20 bits per heavy atom. The van der Waals surface area contributed by atoms with Crippen molar-refractivity contribution in [3.05, 3.63) is 33.8 Å². The molecule has 1 aromatic rings. The van der Waals surface area contributed by atoms with Gasteiger partial charge in [0.15, 0.2) is 0 Å². The predicted octanol–water partition coefficient (Wildman–Crippen LogP) is 3.08. The molecule has 0 unspecified atom stereocenters. The SMILES string of the molecule is Cc1cc(Cl)c(C#CC(C)(C)O)cc1C. The predicted molar refractivity (Wildman–Crippen MR) is 64.1 cm³/mol. The van der Waals surface area contributed by atoms with Gasteiger partial charge in [-0.15, -0.1) is 0 Å². The minimum Gasteiger partial charge on any atom is -0.378 e. The molecule has 15 heavy (non-hydrogen) atoms. The first-order valence-electron chi connectivity index (χ1n) is 4.82. The number of rotatable bonds is 0. The van der Waals surface area contributed by atoms with E-state index >= 15 is 0 Å². The monoisotopic (exact) mass is 222 g/mol. The number of benzene rings is 1. The molecule has 2 heteroatoms. The molecule has 0 spiro atoms. The van der Waals surface area contributed by atoms with E-state index in [0.717, 1.165) is 16.7 Å². The van der Waals surface area contributed by atoms with Gasteiger partial charge in [0.1, 0.15) is 5.60 Å². The Morgan fingerprint density at radius 2 is 1.73 bits per heavy atom. The third-order valence-electron chi connectivity index (χ3n) is 2.09. The lowest BCUT2D eigenvalue weighted by Gasteiger charge is -2.07. The molecule has 0 aliphatic rings. The molecule has 1 rings (SSSR count). The van der Waals surface area contributed by atoms with Gasteiger partial charge in [-0.2, -0.15) is 0 Å². The first kappa shape index (κ1) is 12.1. The molecular weight excluding hydrogens is 208 g/mol. The summed E-state index contributed by atoms with van der Waals surface area (Å²) < 4.78 is 0. The fourth-order valence-corrected chi connectivity index (χ4v) is 1.36. The maximum absolute atomic E-state index is 9.48. The minimum atomic E-state index is -0.984. The maximum Gasteiger partial charge on any atom is 0.120 e. The van der Waals surface area contributed by atoms with Crippen LogP contribution in [0.4, 0.5) is 0 Å². The van der Waals surface area contributed by atoms with Crippen molar-refractivity contribution in [1.82, 2.24) is 0 Å². The Balaban J connectivity index is 3.15. The highest BCUT2D eigenvalue weighted by atomic mass is 35.5. The number of hydrogen-bond acceptors (Lipinski definition) is 1. The van der Waals surface area contributed by atoms with E-state index < -0.39 is 5.60 Å². The molecule has 0 radical (unpaired) electrons. The maximum atomic E-state index is 9.48. The lowest BCUT2D eigenvalue weighted by molar-refractivity contribution is 0.143. The van der Waals surface area contributed by atoms with Crippen molar-refractivity contribution in [2.24, 2.45) is 0 Å². The molecule has 1 nitrogen and oxygen atoms in total. The molecule has 0 bridgehead atoms. The largest absolute Gasteiger partial charge is 0.378 e. The van der Waals surface area contributed by atoms with Gasteiger partial charge in [0, 0.05) is 5.56 Å². The molecule has 0 atom stereocenters. The highest BCUT2D eigenvalue weighted by molar-refractivity contribution is 6.31. The quantitative estimate of drug-likeness (QED) is 0.669. The average molecular weight is 223 g/mol. The molecule has 0 saturated carbocycles. The van der Waals surface area contributed by atoms with E-state index in [4.69, 9.17) is 11.6 Å². The standard InChI is InChI=1S/C13H15ClO/c1-9-7-11(5-6-13(3,4)15)12(14)8-10(9)2/h7-8,15H,1-4H3. The summed E-state index contributed by atoms with van der Waals surface area (Å²) in [7, 11) is 0. The first-order chi connectivity index (χ1) is 6.79. The van der Waals surface area contributed by atoms with Gasteiger partial charge < -0.3 is 5.11 Å². The van der Waals surface area contributed by atoms with E-state index in [1.165, 1.54) is 0 Å². The zero-order valence-corrected chi connectivity index (χ0v) is 10.2. The smallest absolute Gasteiger partial charge is 0.120 e. The normalized spacial score (nSPS) is 10.8. The molecule has 0 fully saturated rings. The van der Waals surface area contributed by atoms with E-state index in [0.29, 0.717) is 5.02 Å². The number of aliphatic hydroxyl groups is 1. The summed E-state index contributed by atoms with van der Waals surface area (Å²) >= 11 is 6.05. The van der Waals surface area contributed by atoms with Gasteiger partial charge >= 0.3 is 0 Å². The molecule has 0 heterocycles. The van der Waals surface area contributed by atoms with Crippen LogP contribution in [-0.2, 0) is 0 Å². The minimum absolute atomic E-state index is 0.634. The van der Waals surface area contributed by atoms with E-state index in [9.17, 15) is 5.11 Å². The number of hydrogen-bond donors (Lipinski definition) is 1. The Labute approximate surface area is 96.1 Å². The first-order valence-corrected chi connectivity index (χ1v) is 5.20. The highest BCUT2D eigenvalue weighted by Gasteiger charge is 2.07. The summed E-state index contributed by atoms with van der Waals surface area (Å²) in [5, 5.41) is 10.1. The second kappa shape index (κ2) is 4.26. The lowest BCUT2D eigenvalue weighted by atomic mass is 10.1. The second-order valence-electron chi connectivity index (χ2n) is 4.23. The summed E-state index contributed by atoms with van der Waals surface area (Å²) in [6.45, 7) is 7.32. The molecule has 0 amide bonds. The van der Waals surface area contributed by atoms with Crippen LogP contribution in [0, 0.1) is 25.7 Å². The van der Waals surface area contributed by atoms with Gasteiger partial charge in [-0.1, -0.05) is 23.4 Å². The van der Waals surface area contributed by atoms with Crippen molar-refractivity contribution < 1.29 is 5.11 Å². The average Bonchev–Trinajstić information content (AvgIpc) is 2.07. The van der Waals surface area contributed by atoms with E-state index in [2.05, 4.69) is 11.8 Å². The van der Waals surface area contributed by atoms with Gasteiger partial charge in [0.05, 0.1) is 5.02 Å². The molecule has 1 N–H and O–H groups in total. The second-order valence-corrected chi connectivity index (χ2v) is 4.63. The van der Waals surface area contributed by atoms with Crippen molar-refractivity contribution in [1.29, 1.82) is 0 Å². The summed E-state index contributed by atoms with van der Waals surface area (Å²) in [4.78, 5) is 0. The number of aryl methyl sites for hydroxylation is 2. The van der Waals surface area contributed by atoms with Crippen molar-refractivity contribution in [3.8, 4) is 11.8 Å². The van der Waals surface area contributed by atoms with Crippen molar-refractivity contribution >= 4 is 11.6 Å². The van der Waals surface area contributed by atoms with Gasteiger partial charge in [0.2, 0.25) is 0 Å². The van der Waals surface area contributed by atoms with Crippen LogP contribution in [-0.4, -0.2) is 10.7 Å². The van der Waals surface area contributed by atoms with Gasteiger partial charge in [-0.3, -0.25) is 0 Å². The third kappa shape index (κ3) is 3.58. The van der Waals surface area contributed by atoms with E-state index in [-0.39, 0.29) is 0 Å². The summed E-state index contributed by atoms with van der Waals surface area (Å²) in [5.41, 5.74) is 2.08. The number of halogens is 1. The molecule has 0 saturated heterocycles. The topological polar surface area (TPSA) is 20.2 Å². The van der Waals surface area contributed by atoms with Crippen molar-refractivity contribution in [2.45, 2.75) is 33.3 Å². The van der Waals surface area contributed by atoms with E-state index in [1.807, 2.05) is 26.0 Å². The van der Waals surface area contributed by atoms with Crippen LogP contribution in [0.15, 0.2) is 12.1 Å². The van der Waals surface area contributed by atoms with Crippen LogP contribution in [0.2, 0.25) is 5.02 Å². The third-order valence-corrected chi connectivity index (χ3v) is 2.40. The van der Waals surface area contributed by atoms with Crippen LogP contribution >= 0.6 is 11.6 Å². The molecule has 1 aromatic carbocycles. The zero-order chi connectivity index (χ0) is 11.6. The Hall–Kier alpha value is -0.970. The fraction of sp³-hybridized carbons (Fsp3) is 0.385. The highest BCUT2D eigenvalue weighted by Crippen LogP contribution is 2.20. The molecule has 0 aliphatic heterocycles.